The van der Waals surface area contributed by atoms with E-state index in [9.17, 15) is 15.2 Å². The fourth-order valence-electron chi connectivity index (χ4n) is 3.79. The van der Waals surface area contributed by atoms with Crippen LogP contribution in [-0.4, -0.2) is 55.4 Å². The summed E-state index contributed by atoms with van der Waals surface area (Å²) < 4.78 is 22.4. The Morgan fingerprint density at radius 3 is 2.66 bits per heavy atom. The summed E-state index contributed by atoms with van der Waals surface area (Å²) in [6, 6.07) is 9.33. The molecule has 150 valence electrons. The minimum Gasteiger partial charge on any atom is -0.497 e. The van der Waals surface area contributed by atoms with Crippen LogP contribution < -0.4 is 4.74 Å². The minimum absolute atomic E-state index is 0.0351. The first kappa shape index (κ1) is 19.2. The number of aliphatic hydroxyl groups excluding tert-OH is 1. The monoisotopic (exact) mass is 396 g/mol. The van der Waals surface area contributed by atoms with Crippen molar-refractivity contribution in [2.75, 3.05) is 33.5 Å². The molecule has 8 heteroatoms. The number of nitriles is 1. The Balaban J connectivity index is 1.81. The van der Waals surface area contributed by atoms with Crippen LogP contribution in [0.2, 0.25) is 0 Å². The number of methoxy groups -OCH3 is 1. The van der Waals surface area contributed by atoms with E-state index < -0.39 is 11.9 Å². The Bertz CT molecular complexity index is 948. The van der Waals surface area contributed by atoms with Crippen molar-refractivity contribution in [2.45, 2.75) is 12.3 Å². The van der Waals surface area contributed by atoms with Crippen LogP contribution in [0.25, 0.3) is 0 Å². The molecule has 1 saturated heterocycles. The van der Waals surface area contributed by atoms with Crippen LogP contribution in [0.4, 0.5) is 4.79 Å². The van der Waals surface area contributed by atoms with Gasteiger partial charge in [-0.25, -0.2) is 4.79 Å². The van der Waals surface area contributed by atoms with Crippen molar-refractivity contribution >= 4 is 6.09 Å². The van der Waals surface area contributed by atoms with E-state index in [2.05, 4.69) is 0 Å². The van der Waals surface area contributed by atoms with Crippen LogP contribution in [0, 0.1) is 11.3 Å². The topological polar surface area (TPSA) is 101 Å². The largest absolute Gasteiger partial charge is 0.497 e. The van der Waals surface area contributed by atoms with E-state index in [0.717, 1.165) is 5.56 Å². The van der Waals surface area contributed by atoms with Gasteiger partial charge in [-0.05, 0) is 34.9 Å². The number of cyclic esters (lactones) is 1. The molecule has 0 unspecified atom stereocenters. The highest BCUT2D eigenvalue weighted by molar-refractivity contribution is 5.75. The third-order valence-electron chi connectivity index (χ3n) is 5.08. The highest BCUT2D eigenvalue weighted by Crippen LogP contribution is 2.45. The SMILES string of the molecule is COc1ccc(CN2C(=O)OCC3=C2C2(C=C(CO)/C3=C/C#N)OCCO2)cc1. The number of hydrogen-bond donors (Lipinski definition) is 1. The van der Waals surface area contributed by atoms with Crippen LogP contribution in [0.1, 0.15) is 5.56 Å². The molecule has 0 bridgehead atoms. The van der Waals surface area contributed by atoms with Crippen molar-refractivity contribution in [1.29, 1.82) is 5.26 Å². The van der Waals surface area contributed by atoms with E-state index in [1.807, 2.05) is 30.3 Å². The lowest BCUT2D eigenvalue weighted by atomic mass is 9.85. The molecule has 0 aromatic heterocycles. The zero-order chi connectivity index (χ0) is 20.4. The van der Waals surface area contributed by atoms with E-state index in [-0.39, 0.29) is 19.8 Å². The van der Waals surface area contributed by atoms with Gasteiger partial charge in [-0.15, -0.1) is 0 Å². The van der Waals surface area contributed by atoms with Gasteiger partial charge in [0.05, 0.1) is 45.2 Å². The summed E-state index contributed by atoms with van der Waals surface area (Å²) in [6.07, 6.45) is 2.45. The fourth-order valence-corrected chi connectivity index (χ4v) is 3.79. The number of rotatable bonds is 4. The van der Waals surface area contributed by atoms with Crippen molar-refractivity contribution in [1.82, 2.24) is 4.90 Å². The Kier molecular flexibility index (Phi) is 5.11. The molecule has 1 amide bonds. The van der Waals surface area contributed by atoms with E-state index in [1.165, 1.54) is 11.0 Å². The molecular weight excluding hydrogens is 376 g/mol. The van der Waals surface area contributed by atoms with Gasteiger partial charge in [-0.3, -0.25) is 4.90 Å². The predicted octanol–water partition coefficient (Wildman–Crippen LogP) is 2.03. The molecule has 4 rings (SSSR count). The molecule has 1 aliphatic carbocycles. The molecule has 2 aliphatic heterocycles. The summed E-state index contributed by atoms with van der Waals surface area (Å²) in [6.45, 7) is 0.569. The summed E-state index contributed by atoms with van der Waals surface area (Å²) in [7, 11) is 1.59. The molecule has 1 fully saturated rings. The maximum absolute atomic E-state index is 12.7. The zero-order valence-corrected chi connectivity index (χ0v) is 15.9. The van der Waals surface area contributed by atoms with E-state index >= 15 is 0 Å². The van der Waals surface area contributed by atoms with Gasteiger partial charge in [0.1, 0.15) is 12.4 Å². The van der Waals surface area contributed by atoms with E-state index in [4.69, 9.17) is 18.9 Å². The fraction of sp³-hybridized carbons (Fsp3) is 0.333. The quantitative estimate of drug-likeness (QED) is 0.777. The molecule has 3 aliphatic rings. The van der Waals surface area contributed by atoms with Crippen LogP contribution in [0.5, 0.6) is 5.75 Å². The number of allylic oxidation sites excluding steroid dienone is 1. The molecule has 1 aromatic carbocycles. The Morgan fingerprint density at radius 1 is 1.31 bits per heavy atom. The first-order valence-electron chi connectivity index (χ1n) is 9.13. The van der Waals surface area contributed by atoms with Crippen molar-refractivity contribution in [3.05, 3.63) is 64.4 Å². The maximum Gasteiger partial charge on any atom is 0.414 e. The molecule has 2 heterocycles. The summed E-state index contributed by atoms with van der Waals surface area (Å²) in [5.74, 6) is -0.590. The normalized spacial score (nSPS) is 21.7. The number of hydrogen-bond acceptors (Lipinski definition) is 7. The van der Waals surface area contributed by atoms with Crippen molar-refractivity contribution in [3.8, 4) is 11.8 Å². The summed E-state index contributed by atoms with van der Waals surface area (Å²) >= 11 is 0. The molecule has 1 aromatic rings. The number of nitrogens with zero attached hydrogens (tertiary/aromatic N) is 2. The van der Waals surface area contributed by atoms with Crippen LogP contribution >= 0.6 is 0 Å². The van der Waals surface area contributed by atoms with Crippen LogP contribution in [-0.2, 0) is 20.8 Å². The molecular formula is C21H20N2O6. The van der Waals surface area contributed by atoms with Crippen molar-refractivity contribution in [2.24, 2.45) is 0 Å². The second kappa shape index (κ2) is 7.72. The summed E-state index contributed by atoms with van der Waals surface area (Å²) in [5, 5.41) is 19.1. The smallest absolute Gasteiger partial charge is 0.414 e. The van der Waals surface area contributed by atoms with Gasteiger partial charge >= 0.3 is 6.09 Å². The first-order valence-corrected chi connectivity index (χ1v) is 9.13. The summed E-state index contributed by atoms with van der Waals surface area (Å²) in [5.41, 5.74) is 2.94. The Hall–Kier alpha value is -3.12. The van der Waals surface area contributed by atoms with Gasteiger partial charge in [0.15, 0.2) is 0 Å². The van der Waals surface area contributed by atoms with Gasteiger partial charge in [-0.2, -0.15) is 5.26 Å². The number of amides is 1. The van der Waals surface area contributed by atoms with Gasteiger partial charge in [0.2, 0.25) is 5.79 Å². The molecule has 29 heavy (non-hydrogen) atoms. The number of aliphatic hydroxyl groups is 1. The van der Waals surface area contributed by atoms with Crippen LogP contribution in [0.3, 0.4) is 0 Å². The lowest BCUT2D eigenvalue weighted by Crippen LogP contribution is -2.49. The average molecular weight is 396 g/mol. The van der Waals surface area contributed by atoms with E-state index in [0.29, 0.717) is 41.4 Å². The minimum atomic E-state index is -1.30. The lowest BCUT2D eigenvalue weighted by molar-refractivity contribution is -0.106. The second-order valence-corrected chi connectivity index (χ2v) is 6.70. The molecule has 8 nitrogen and oxygen atoms in total. The molecule has 0 radical (unpaired) electrons. The third kappa shape index (κ3) is 3.29. The van der Waals surface area contributed by atoms with Gasteiger partial charge in [0, 0.05) is 11.6 Å². The maximum atomic E-state index is 12.7. The standard InChI is InChI=1S/C21H20N2O6/c1-26-16-4-2-14(3-5-16)11-23-19-18(13-27-20(23)25)17(6-7-22)15(12-24)10-21(19)28-8-9-29-21/h2-6,10,24H,8-9,11-13H2,1H3/b17-6-. The van der Waals surface area contributed by atoms with Gasteiger partial charge in [-0.1, -0.05) is 12.1 Å². The molecule has 1 spiro atoms. The molecule has 1 N–H and O–H groups in total. The third-order valence-corrected chi connectivity index (χ3v) is 5.08. The number of carbonyl (C=O) groups is 1. The zero-order valence-electron chi connectivity index (χ0n) is 15.9. The van der Waals surface area contributed by atoms with Crippen LogP contribution in [0.15, 0.2) is 58.8 Å². The van der Waals surface area contributed by atoms with Crippen molar-refractivity contribution in [3.63, 3.8) is 0 Å². The van der Waals surface area contributed by atoms with Crippen molar-refractivity contribution < 1.29 is 28.8 Å². The number of ether oxygens (including phenoxy) is 4. The van der Waals surface area contributed by atoms with Gasteiger partial charge in [0.25, 0.3) is 0 Å². The predicted molar refractivity (Wildman–Crippen MR) is 100 cm³/mol. The average Bonchev–Trinajstić information content (AvgIpc) is 3.21. The summed E-state index contributed by atoms with van der Waals surface area (Å²) in [4.78, 5) is 14.2. The lowest BCUT2D eigenvalue weighted by Gasteiger charge is -2.42. The Morgan fingerprint density at radius 2 is 2.03 bits per heavy atom. The first-order chi connectivity index (χ1) is 14.1. The number of benzene rings is 1. The highest BCUT2D eigenvalue weighted by atomic mass is 16.7. The highest BCUT2D eigenvalue weighted by Gasteiger charge is 2.50. The second-order valence-electron chi connectivity index (χ2n) is 6.70. The molecule has 0 atom stereocenters. The number of fused-ring (bicyclic) bond motifs is 1. The Labute approximate surface area is 167 Å². The van der Waals surface area contributed by atoms with E-state index in [1.54, 1.807) is 13.2 Å². The number of carbonyl (C=O) groups excluding carboxylic acids is 1. The van der Waals surface area contributed by atoms with Gasteiger partial charge < -0.3 is 24.1 Å². The molecule has 0 saturated carbocycles.